The van der Waals surface area contributed by atoms with Crippen LogP contribution >= 0.6 is 0 Å². The molecule has 1 spiro atoms. The van der Waals surface area contributed by atoms with Crippen LogP contribution < -0.4 is 0 Å². The minimum absolute atomic E-state index is 0.175. The lowest BCUT2D eigenvalue weighted by atomic mass is 9.57. The molecule has 7 heteroatoms. The van der Waals surface area contributed by atoms with E-state index in [2.05, 4.69) is 0 Å². The fourth-order valence-electron chi connectivity index (χ4n) is 8.61. The third-order valence-electron chi connectivity index (χ3n) is 9.66. The summed E-state index contributed by atoms with van der Waals surface area (Å²) in [6, 6.07) is 0. The number of esters is 1. The molecule has 1 aliphatic heterocycles. The zero-order valence-electron chi connectivity index (χ0n) is 17.9. The summed E-state index contributed by atoms with van der Waals surface area (Å²) in [7, 11) is 0. The van der Waals surface area contributed by atoms with Gasteiger partial charge in [0.25, 0.3) is 0 Å². The number of hydrogen-bond acceptors (Lipinski definition) is 7. The molecule has 0 aromatic rings. The Balaban J connectivity index is 1.69. The Morgan fingerprint density at radius 2 is 1.76 bits per heavy atom. The average molecular weight is 411 g/mol. The van der Waals surface area contributed by atoms with E-state index in [1.54, 1.807) is 13.8 Å². The van der Waals surface area contributed by atoms with E-state index in [9.17, 15) is 25.2 Å². The lowest BCUT2D eigenvalue weighted by Gasteiger charge is -2.52. The molecule has 29 heavy (non-hydrogen) atoms. The summed E-state index contributed by atoms with van der Waals surface area (Å²) in [4.78, 5) is 12.0. The molecule has 0 radical (unpaired) electrons. The molecule has 4 saturated carbocycles. The summed E-state index contributed by atoms with van der Waals surface area (Å²) in [5, 5.41) is 46.6. The molecular weight excluding hydrogens is 376 g/mol. The first-order chi connectivity index (χ1) is 13.2. The Kier molecular flexibility index (Phi) is 3.73. The van der Waals surface area contributed by atoms with Gasteiger partial charge in [0.1, 0.15) is 11.7 Å². The summed E-state index contributed by atoms with van der Waals surface area (Å²) >= 11 is 0. The Bertz CT molecular complexity index is 760. The average Bonchev–Trinajstić information content (AvgIpc) is 3.29. The number of epoxide rings is 1. The van der Waals surface area contributed by atoms with Crippen molar-refractivity contribution in [1.29, 1.82) is 0 Å². The predicted molar refractivity (Wildman–Crippen MR) is 102 cm³/mol. The van der Waals surface area contributed by atoms with Gasteiger partial charge in [0.15, 0.2) is 0 Å². The van der Waals surface area contributed by atoms with Gasteiger partial charge in [0.2, 0.25) is 0 Å². The van der Waals surface area contributed by atoms with E-state index in [0.29, 0.717) is 19.3 Å². The fourth-order valence-corrected chi connectivity index (χ4v) is 8.61. The van der Waals surface area contributed by atoms with Crippen molar-refractivity contribution in [2.45, 2.75) is 102 Å². The number of fused-ring (bicyclic) bond motifs is 4. The summed E-state index contributed by atoms with van der Waals surface area (Å²) < 4.78 is 11.6. The van der Waals surface area contributed by atoms with E-state index in [4.69, 9.17) is 9.47 Å². The molecular formula is C22H34O7. The van der Waals surface area contributed by atoms with Gasteiger partial charge in [-0.05, 0) is 45.4 Å². The van der Waals surface area contributed by atoms with E-state index >= 15 is 0 Å². The first-order valence-electron chi connectivity index (χ1n) is 10.9. The number of carbonyl (C=O) groups is 1. The van der Waals surface area contributed by atoms with Gasteiger partial charge in [-0.2, -0.15) is 0 Å². The van der Waals surface area contributed by atoms with Crippen LogP contribution in [0.15, 0.2) is 0 Å². The molecule has 11 atom stereocenters. The van der Waals surface area contributed by atoms with Gasteiger partial charge >= 0.3 is 5.97 Å². The Morgan fingerprint density at radius 3 is 2.38 bits per heavy atom. The van der Waals surface area contributed by atoms with Gasteiger partial charge < -0.3 is 29.9 Å². The second-order valence-electron chi connectivity index (χ2n) is 11.5. The van der Waals surface area contributed by atoms with Gasteiger partial charge in [-0.1, -0.05) is 13.8 Å². The van der Waals surface area contributed by atoms with Crippen molar-refractivity contribution >= 4 is 5.97 Å². The number of carbonyl (C=O) groups excluding carboxylic acids is 1. The van der Waals surface area contributed by atoms with Crippen molar-refractivity contribution in [1.82, 2.24) is 0 Å². The molecule has 0 unspecified atom stereocenters. The van der Waals surface area contributed by atoms with Crippen molar-refractivity contribution in [2.75, 3.05) is 0 Å². The van der Waals surface area contributed by atoms with Crippen LogP contribution in [0.25, 0.3) is 0 Å². The summed E-state index contributed by atoms with van der Waals surface area (Å²) in [6.45, 7) is 8.64. The van der Waals surface area contributed by atoms with Crippen molar-refractivity contribution in [3.05, 3.63) is 0 Å². The number of rotatable bonds is 1. The molecule has 4 N–H and O–H groups in total. The van der Waals surface area contributed by atoms with Crippen LogP contribution in [0.1, 0.15) is 60.3 Å². The molecule has 164 valence electrons. The summed E-state index contributed by atoms with van der Waals surface area (Å²) in [5.74, 6) is -1.66. The quantitative estimate of drug-likeness (QED) is 0.372. The normalized spacial score (nSPS) is 61.9. The van der Waals surface area contributed by atoms with E-state index in [1.807, 2.05) is 13.8 Å². The van der Waals surface area contributed by atoms with Crippen molar-refractivity contribution < 1.29 is 34.7 Å². The van der Waals surface area contributed by atoms with Gasteiger partial charge in [-0.3, -0.25) is 4.79 Å². The second kappa shape index (κ2) is 5.36. The van der Waals surface area contributed by atoms with E-state index in [-0.39, 0.29) is 30.5 Å². The second-order valence-corrected chi connectivity index (χ2v) is 11.5. The maximum atomic E-state index is 12.0. The van der Waals surface area contributed by atoms with E-state index in [0.717, 1.165) is 0 Å². The van der Waals surface area contributed by atoms with Crippen LogP contribution in [0.4, 0.5) is 0 Å². The highest BCUT2D eigenvalue weighted by molar-refractivity contribution is 5.66. The third kappa shape index (κ3) is 2.14. The Hall–Kier alpha value is -0.730. The lowest BCUT2D eigenvalue weighted by molar-refractivity contribution is -0.223. The topological polar surface area (TPSA) is 120 Å². The van der Waals surface area contributed by atoms with Crippen LogP contribution in [0, 0.1) is 28.6 Å². The zero-order chi connectivity index (χ0) is 21.4. The Morgan fingerprint density at radius 1 is 1.10 bits per heavy atom. The molecule has 5 fully saturated rings. The zero-order valence-corrected chi connectivity index (χ0v) is 17.9. The molecule has 5 aliphatic rings. The monoisotopic (exact) mass is 410 g/mol. The van der Waals surface area contributed by atoms with Crippen molar-refractivity contribution in [2.24, 2.45) is 28.6 Å². The summed E-state index contributed by atoms with van der Waals surface area (Å²) in [6.07, 6.45) is -0.470. The highest BCUT2D eigenvalue weighted by Crippen LogP contribution is 2.73. The van der Waals surface area contributed by atoms with Gasteiger partial charge in [0, 0.05) is 29.6 Å². The maximum absolute atomic E-state index is 12.0. The smallest absolute Gasteiger partial charge is 0.302 e. The van der Waals surface area contributed by atoms with Crippen molar-refractivity contribution in [3.63, 3.8) is 0 Å². The Labute approximate surface area is 171 Å². The number of hydrogen-bond donors (Lipinski definition) is 4. The maximum Gasteiger partial charge on any atom is 0.302 e. The van der Waals surface area contributed by atoms with Gasteiger partial charge in [-0.15, -0.1) is 0 Å². The highest BCUT2D eigenvalue weighted by atomic mass is 16.6. The molecule has 7 nitrogen and oxygen atoms in total. The first-order valence-corrected chi connectivity index (χ1v) is 10.9. The molecule has 2 bridgehead atoms. The summed E-state index contributed by atoms with van der Waals surface area (Å²) in [5.41, 5.74) is -5.47. The third-order valence-corrected chi connectivity index (χ3v) is 9.66. The number of aliphatic hydroxyl groups is 4. The highest BCUT2D eigenvalue weighted by Gasteiger charge is 2.83. The number of aliphatic hydroxyl groups excluding tert-OH is 1. The molecule has 0 aromatic heterocycles. The largest absolute Gasteiger partial charge is 0.462 e. The van der Waals surface area contributed by atoms with Gasteiger partial charge in [0.05, 0.1) is 29.5 Å². The fraction of sp³-hybridized carbons (Fsp3) is 0.955. The van der Waals surface area contributed by atoms with Crippen LogP contribution in [-0.4, -0.2) is 67.6 Å². The lowest BCUT2D eigenvalue weighted by Crippen LogP contribution is -2.63. The van der Waals surface area contributed by atoms with Gasteiger partial charge in [-0.25, -0.2) is 0 Å². The first kappa shape index (κ1) is 20.2. The molecule has 0 amide bonds. The molecule has 0 aromatic carbocycles. The van der Waals surface area contributed by atoms with E-state index < -0.39 is 51.7 Å². The van der Waals surface area contributed by atoms with Crippen LogP contribution in [0.2, 0.25) is 0 Å². The molecule has 5 rings (SSSR count). The van der Waals surface area contributed by atoms with Crippen LogP contribution in [-0.2, 0) is 14.3 Å². The van der Waals surface area contributed by atoms with E-state index in [1.165, 1.54) is 6.92 Å². The minimum Gasteiger partial charge on any atom is -0.462 e. The van der Waals surface area contributed by atoms with Crippen molar-refractivity contribution in [3.8, 4) is 0 Å². The molecule has 4 aliphatic carbocycles. The minimum atomic E-state index is -1.53. The SMILES string of the molecule is CC(=O)O[C@@H]1[C@@H]2CC[C@H]3[C@@](C)(O)[C@@H]4[C@@H]5O[C@@H]5C(C)(C)[C@@]4(O)[C@@H](O)C[C@]13C[C@@]2(C)O. The van der Waals surface area contributed by atoms with Crippen LogP contribution in [0.3, 0.4) is 0 Å². The number of ether oxygens (including phenoxy) is 2. The molecule has 1 saturated heterocycles. The standard InChI is InChI=1S/C22H34O7/c1-10(23)28-16-11-6-7-12-20(5,26)15-14-17(29-14)18(2,3)22(15,27)13(24)8-21(12,16)9-19(11,4)25/h11-17,24-27H,6-9H2,1-5H3/t11-,12-,13-,14-,15-,16+,17-,19+,20+,21+,22+/m0/s1. The molecule has 1 heterocycles. The predicted octanol–water partition coefficient (Wildman–Crippen LogP) is 0.755. The van der Waals surface area contributed by atoms with Crippen LogP contribution in [0.5, 0.6) is 0 Å².